The Hall–Kier alpha value is -2.47. The molecule has 1 aromatic heterocycles. The first-order chi connectivity index (χ1) is 12.2. The molecule has 0 unspecified atom stereocenters. The third-order valence-corrected chi connectivity index (χ3v) is 4.47. The molecule has 0 bridgehead atoms. The molecule has 0 spiro atoms. The fraction of sp³-hybridized carbons (Fsp3) is 0.421. The zero-order chi connectivity index (χ0) is 17.5. The minimum atomic E-state index is 0.106. The number of benzene rings is 1. The van der Waals surface area contributed by atoms with E-state index in [2.05, 4.69) is 56.3 Å². The molecule has 25 heavy (non-hydrogen) atoms. The van der Waals surface area contributed by atoms with Crippen LogP contribution in [0.25, 0.3) is 0 Å². The van der Waals surface area contributed by atoms with Crippen LogP contribution in [0.15, 0.2) is 42.7 Å². The molecule has 1 aliphatic rings. The standard InChI is InChI=1S/C19H25N5O/c1-16-3-5-17(6-4-16)15-22-18(25)7-10-23-11-13-24(14-12-23)19-20-8-2-9-21-19/h2-6,8-9H,7,10-15H2,1H3,(H,22,25). The van der Waals surface area contributed by atoms with Crippen LogP contribution in [0.2, 0.25) is 0 Å². The second kappa shape index (κ2) is 8.58. The van der Waals surface area contributed by atoms with Gasteiger partial charge in [0.2, 0.25) is 11.9 Å². The lowest BCUT2D eigenvalue weighted by atomic mass is 10.1. The molecule has 0 radical (unpaired) electrons. The highest BCUT2D eigenvalue weighted by molar-refractivity contribution is 5.76. The van der Waals surface area contributed by atoms with Crippen molar-refractivity contribution in [2.45, 2.75) is 19.9 Å². The maximum absolute atomic E-state index is 12.0. The van der Waals surface area contributed by atoms with Gasteiger partial charge in [0.1, 0.15) is 0 Å². The average Bonchev–Trinajstić information content (AvgIpc) is 2.67. The van der Waals surface area contributed by atoms with E-state index in [1.807, 2.05) is 6.07 Å². The summed E-state index contributed by atoms with van der Waals surface area (Å²) in [5, 5.41) is 3.00. The number of rotatable bonds is 6. The molecule has 1 aliphatic heterocycles. The van der Waals surface area contributed by atoms with Crippen LogP contribution in [-0.4, -0.2) is 53.5 Å². The Bertz CT molecular complexity index is 666. The van der Waals surface area contributed by atoms with Crippen molar-refractivity contribution < 1.29 is 4.79 Å². The predicted molar refractivity (Wildman–Crippen MR) is 98.3 cm³/mol. The van der Waals surface area contributed by atoms with Gasteiger partial charge in [-0.1, -0.05) is 29.8 Å². The van der Waals surface area contributed by atoms with E-state index in [1.165, 1.54) is 5.56 Å². The van der Waals surface area contributed by atoms with Crippen molar-refractivity contribution in [1.29, 1.82) is 0 Å². The molecular formula is C19H25N5O. The van der Waals surface area contributed by atoms with E-state index in [4.69, 9.17) is 0 Å². The van der Waals surface area contributed by atoms with Crippen molar-refractivity contribution in [3.05, 3.63) is 53.9 Å². The van der Waals surface area contributed by atoms with Crippen molar-refractivity contribution in [3.63, 3.8) is 0 Å². The SMILES string of the molecule is Cc1ccc(CNC(=O)CCN2CCN(c3ncccn3)CC2)cc1. The Balaban J connectivity index is 1.35. The van der Waals surface area contributed by atoms with Gasteiger partial charge in [-0.3, -0.25) is 9.69 Å². The molecule has 6 heteroatoms. The monoisotopic (exact) mass is 339 g/mol. The number of hydrogen-bond acceptors (Lipinski definition) is 5. The number of piperazine rings is 1. The molecule has 1 saturated heterocycles. The molecular weight excluding hydrogens is 314 g/mol. The number of carbonyl (C=O) groups is 1. The number of aryl methyl sites for hydroxylation is 1. The van der Waals surface area contributed by atoms with Crippen molar-refractivity contribution in [1.82, 2.24) is 20.2 Å². The Labute approximate surface area is 148 Å². The first-order valence-corrected chi connectivity index (χ1v) is 8.77. The van der Waals surface area contributed by atoms with Gasteiger partial charge in [0.05, 0.1) is 0 Å². The van der Waals surface area contributed by atoms with E-state index < -0.39 is 0 Å². The van der Waals surface area contributed by atoms with Crippen molar-refractivity contribution in [2.24, 2.45) is 0 Å². The van der Waals surface area contributed by atoms with Gasteiger partial charge < -0.3 is 10.2 Å². The molecule has 3 rings (SSSR count). The Morgan fingerprint density at radius 2 is 1.76 bits per heavy atom. The van der Waals surface area contributed by atoms with E-state index >= 15 is 0 Å². The van der Waals surface area contributed by atoms with Crippen molar-refractivity contribution >= 4 is 11.9 Å². The quantitative estimate of drug-likeness (QED) is 0.866. The number of nitrogens with zero attached hydrogens (tertiary/aromatic N) is 4. The summed E-state index contributed by atoms with van der Waals surface area (Å²) in [5.74, 6) is 0.896. The molecule has 1 N–H and O–H groups in total. The third kappa shape index (κ3) is 5.26. The van der Waals surface area contributed by atoms with Gasteiger partial charge in [-0.2, -0.15) is 0 Å². The van der Waals surface area contributed by atoms with Crippen LogP contribution >= 0.6 is 0 Å². The Morgan fingerprint density at radius 1 is 1.08 bits per heavy atom. The van der Waals surface area contributed by atoms with Crippen LogP contribution in [0.1, 0.15) is 17.5 Å². The minimum Gasteiger partial charge on any atom is -0.352 e. The predicted octanol–water partition coefficient (Wildman–Crippen LogP) is 1.61. The second-order valence-electron chi connectivity index (χ2n) is 6.39. The number of anilines is 1. The van der Waals surface area contributed by atoms with Crippen LogP contribution in [0.3, 0.4) is 0 Å². The minimum absolute atomic E-state index is 0.106. The lowest BCUT2D eigenvalue weighted by Crippen LogP contribution is -2.47. The van der Waals surface area contributed by atoms with Crippen LogP contribution < -0.4 is 10.2 Å². The Morgan fingerprint density at radius 3 is 2.44 bits per heavy atom. The topological polar surface area (TPSA) is 61.4 Å². The normalized spacial score (nSPS) is 15.2. The van der Waals surface area contributed by atoms with E-state index in [9.17, 15) is 4.79 Å². The zero-order valence-corrected chi connectivity index (χ0v) is 14.7. The van der Waals surface area contributed by atoms with E-state index in [0.717, 1.165) is 44.2 Å². The highest BCUT2D eigenvalue weighted by Gasteiger charge is 2.18. The van der Waals surface area contributed by atoms with Gasteiger partial charge in [0.15, 0.2) is 0 Å². The summed E-state index contributed by atoms with van der Waals surface area (Å²) >= 11 is 0. The number of aromatic nitrogens is 2. The molecule has 6 nitrogen and oxygen atoms in total. The summed E-state index contributed by atoms with van der Waals surface area (Å²) in [6, 6.07) is 10.1. The summed E-state index contributed by atoms with van der Waals surface area (Å²) in [7, 11) is 0. The zero-order valence-electron chi connectivity index (χ0n) is 14.7. The van der Waals surface area contributed by atoms with Crippen molar-refractivity contribution in [3.8, 4) is 0 Å². The summed E-state index contributed by atoms with van der Waals surface area (Å²) in [6.07, 6.45) is 4.08. The molecule has 1 aromatic carbocycles. The van der Waals surface area contributed by atoms with E-state index in [1.54, 1.807) is 12.4 Å². The lowest BCUT2D eigenvalue weighted by molar-refractivity contribution is -0.121. The van der Waals surface area contributed by atoms with Crippen LogP contribution in [0, 0.1) is 6.92 Å². The van der Waals surface area contributed by atoms with Gasteiger partial charge in [0.25, 0.3) is 0 Å². The van der Waals surface area contributed by atoms with Gasteiger partial charge >= 0.3 is 0 Å². The van der Waals surface area contributed by atoms with Gasteiger partial charge in [-0.15, -0.1) is 0 Å². The highest BCUT2D eigenvalue weighted by atomic mass is 16.1. The van der Waals surface area contributed by atoms with Crippen LogP contribution in [-0.2, 0) is 11.3 Å². The van der Waals surface area contributed by atoms with Gasteiger partial charge in [-0.25, -0.2) is 9.97 Å². The first kappa shape index (κ1) is 17.4. The smallest absolute Gasteiger partial charge is 0.225 e. The maximum atomic E-state index is 12.0. The highest BCUT2D eigenvalue weighted by Crippen LogP contribution is 2.10. The summed E-state index contributed by atoms with van der Waals surface area (Å²) < 4.78 is 0. The third-order valence-electron chi connectivity index (χ3n) is 4.47. The molecule has 1 amide bonds. The molecule has 132 valence electrons. The molecule has 0 aliphatic carbocycles. The molecule has 1 fully saturated rings. The van der Waals surface area contributed by atoms with E-state index in [0.29, 0.717) is 13.0 Å². The van der Waals surface area contributed by atoms with Gasteiger partial charge in [-0.05, 0) is 18.6 Å². The summed E-state index contributed by atoms with van der Waals surface area (Å²) in [5.41, 5.74) is 2.37. The molecule has 2 heterocycles. The lowest BCUT2D eigenvalue weighted by Gasteiger charge is -2.34. The fourth-order valence-electron chi connectivity index (χ4n) is 2.88. The number of nitrogens with one attached hydrogen (secondary N) is 1. The first-order valence-electron chi connectivity index (χ1n) is 8.77. The van der Waals surface area contributed by atoms with Crippen LogP contribution in [0.4, 0.5) is 5.95 Å². The van der Waals surface area contributed by atoms with Crippen molar-refractivity contribution in [2.75, 3.05) is 37.6 Å². The van der Waals surface area contributed by atoms with Gasteiger partial charge in [0, 0.05) is 58.1 Å². The Kier molecular flexibility index (Phi) is 5.95. The number of amides is 1. The number of carbonyl (C=O) groups excluding carboxylic acids is 1. The molecule has 0 saturated carbocycles. The average molecular weight is 339 g/mol. The van der Waals surface area contributed by atoms with E-state index in [-0.39, 0.29) is 5.91 Å². The number of hydrogen-bond donors (Lipinski definition) is 1. The summed E-state index contributed by atoms with van der Waals surface area (Å²) in [6.45, 7) is 7.12. The fourth-order valence-corrected chi connectivity index (χ4v) is 2.88. The maximum Gasteiger partial charge on any atom is 0.225 e. The largest absolute Gasteiger partial charge is 0.352 e. The molecule has 2 aromatic rings. The second-order valence-corrected chi connectivity index (χ2v) is 6.39. The van der Waals surface area contributed by atoms with Crippen LogP contribution in [0.5, 0.6) is 0 Å². The molecule has 0 atom stereocenters. The summed E-state index contributed by atoms with van der Waals surface area (Å²) in [4.78, 5) is 25.1.